The average molecular weight is 330 g/mol. The molecule has 130 valence electrons. The Morgan fingerprint density at radius 3 is 2.79 bits per heavy atom. The molecule has 5 heteroatoms. The third-order valence-electron chi connectivity index (χ3n) is 5.27. The van der Waals surface area contributed by atoms with Gasteiger partial charge in [0.1, 0.15) is 6.61 Å². The van der Waals surface area contributed by atoms with Gasteiger partial charge in [-0.3, -0.25) is 9.59 Å². The lowest BCUT2D eigenvalue weighted by molar-refractivity contribution is -0.127. The molecule has 0 aromatic heterocycles. The third kappa shape index (κ3) is 3.46. The van der Waals surface area contributed by atoms with Crippen molar-refractivity contribution in [1.29, 1.82) is 0 Å². The van der Waals surface area contributed by atoms with Gasteiger partial charge >= 0.3 is 0 Å². The topological polar surface area (TPSA) is 72.6 Å². The van der Waals surface area contributed by atoms with Crippen LogP contribution in [0.3, 0.4) is 0 Å². The molecule has 1 aliphatic carbocycles. The molecule has 2 amide bonds. The first-order valence-electron chi connectivity index (χ1n) is 8.91. The molecule has 2 unspecified atom stereocenters. The molecule has 1 saturated carbocycles. The lowest BCUT2D eigenvalue weighted by Crippen LogP contribution is -2.40. The van der Waals surface area contributed by atoms with E-state index in [4.69, 9.17) is 10.5 Å². The van der Waals surface area contributed by atoms with E-state index in [9.17, 15) is 9.59 Å². The number of nitrogens with zero attached hydrogens (tertiary/aromatic N) is 1. The molecule has 1 aliphatic heterocycles. The molecular weight excluding hydrogens is 304 g/mol. The van der Waals surface area contributed by atoms with Crippen LogP contribution in [-0.4, -0.2) is 31.1 Å². The van der Waals surface area contributed by atoms with Gasteiger partial charge < -0.3 is 15.4 Å². The summed E-state index contributed by atoms with van der Waals surface area (Å²) >= 11 is 0. The summed E-state index contributed by atoms with van der Waals surface area (Å²) in [6.45, 7) is 2.97. The number of carbonyl (C=O) groups is 2. The summed E-state index contributed by atoms with van der Waals surface area (Å²) in [4.78, 5) is 26.0. The second kappa shape index (κ2) is 7.34. The zero-order valence-electron chi connectivity index (χ0n) is 14.3. The lowest BCUT2D eigenvalue weighted by atomic mass is 9.88. The van der Waals surface area contributed by atoms with Crippen molar-refractivity contribution >= 4 is 17.5 Å². The molecule has 1 aromatic carbocycles. The van der Waals surface area contributed by atoms with Crippen molar-refractivity contribution in [3.63, 3.8) is 0 Å². The first-order valence-corrected chi connectivity index (χ1v) is 8.91. The van der Waals surface area contributed by atoms with E-state index in [1.807, 2.05) is 6.07 Å². The molecule has 5 nitrogen and oxygen atoms in total. The number of rotatable bonds is 4. The maximum absolute atomic E-state index is 12.7. The third-order valence-corrected chi connectivity index (χ3v) is 5.27. The van der Waals surface area contributed by atoms with Crippen molar-refractivity contribution in [2.75, 3.05) is 18.1 Å². The van der Waals surface area contributed by atoms with Gasteiger partial charge in [0.25, 0.3) is 5.91 Å². The van der Waals surface area contributed by atoms with Gasteiger partial charge in [-0.25, -0.2) is 0 Å². The Morgan fingerprint density at radius 2 is 2.04 bits per heavy atom. The Morgan fingerprint density at radius 1 is 1.25 bits per heavy atom. The van der Waals surface area contributed by atoms with E-state index in [1.54, 1.807) is 17.0 Å². The van der Waals surface area contributed by atoms with Crippen molar-refractivity contribution in [3.8, 4) is 0 Å². The molecule has 2 N–H and O–H groups in total. The first-order chi connectivity index (χ1) is 11.6. The molecule has 2 atom stereocenters. The van der Waals surface area contributed by atoms with E-state index in [1.165, 1.54) is 19.3 Å². The molecule has 3 rings (SSSR count). The highest BCUT2D eigenvalue weighted by Crippen LogP contribution is 2.30. The molecule has 0 bridgehead atoms. The van der Waals surface area contributed by atoms with Crippen LogP contribution in [0, 0.1) is 5.92 Å². The number of ether oxygens (including phenoxy) is 1. The molecule has 0 saturated heterocycles. The van der Waals surface area contributed by atoms with Crippen LogP contribution in [-0.2, 0) is 16.0 Å². The van der Waals surface area contributed by atoms with Crippen LogP contribution in [0.25, 0.3) is 0 Å². The largest absolute Gasteiger partial charge is 0.368 e. The van der Waals surface area contributed by atoms with E-state index in [2.05, 4.69) is 6.92 Å². The summed E-state index contributed by atoms with van der Waals surface area (Å²) < 4.78 is 5.92. The maximum Gasteiger partial charge on any atom is 0.252 e. The Balaban J connectivity index is 1.71. The second-order valence-corrected chi connectivity index (χ2v) is 6.93. The van der Waals surface area contributed by atoms with Crippen molar-refractivity contribution in [2.45, 2.75) is 51.6 Å². The predicted octanol–water partition coefficient (Wildman–Crippen LogP) is 2.66. The highest BCUT2D eigenvalue weighted by molar-refractivity contribution is 6.00. The highest BCUT2D eigenvalue weighted by atomic mass is 16.5. The summed E-state index contributed by atoms with van der Waals surface area (Å²) in [5.41, 5.74) is 7.68. The van der Waals surface area contributed by atoms with Crippen LogP contribution in [0.15, 0.2) is 18.2 Å². The first kappa shape index (κ1) is 17.0. The fourth-order valence-corrected chi connectivity index (χ4v) is 3.90. The van der Waals surface area contributed by atoms with Crippen LogP contribution in [0.5, 0.6) is 0 Å². The van der Waals surface area contributed by atoms with Crippen LogP contribution in [0.1, 0.15) is 54.9 Å². The Bertz CT molecular complexity index is 629. The van der Waals surface area contributed by atoms with Crippen molar-refractivity contribution < 1.29 is 14.3 Å². The summed E-state index contributed by atoms with van der Waals surface area (Å²) in [5.74, 6) is 0.0467. The summed E-state index contributed by atoms with van der Waals surface area (Å²) in [5, 5.41) is 0. The van der Waals surface area contributed by atoms with E-state index >= 15 is 0 Å². The number of carbonyl (C=O) groups excluding carboxylic acids is 2. The number of benzene rings is 1. The number of fused-ring (bicyclic) bond motifs is 1. The van der Waals surface area contributed by atoms with Gasteiger partial charge in [-0.05, 0) is 49.3 Å². The molecule has 0 radical (unpaired) electrons. The number of anilines is 1. The van der Waals surface area contributed by atoms with Crippen molar-refractivity contribution in [1.82, 2.24) is 0 Å². The number of amides is 2. The second-order valence-electron chi connectivity index (χ2n) is 6.93. The fraction of sp³-hybridized carbons (Fsp3) is 0.579. The monoisotopic (exact) mass is 330 g/mol. The number of primary amides is 1. The predicted molar refractivity (Wildman–Crippen MR) is 93.0 cm³/mol. The van der Waals surface area contributed by atoms with E-state index in [-0.39, 0.29) is 18.6 Å². The SMILES string of the molecule is CC1CCCCC1OCC(=O)N1CCCc2c(C(N)=O)cccc21. The van der Waals surface area contributed by atoms with Gasteiger partial charge in [-0.15, -0.1) is 0 Å². The van der Waals surface area contributed by atoms with E-state index in [0.29, 0.717) is 18.0 Å². The lowest BCUT2D eigenvalue weighted by Gasteiger charge is -2.32. The number of nitrogens with two attached hydrogens (primary N) is 1. The van der Waals surface area contributed by atoms with Crippen LogP contribution in [0.4, 0.5) is 5.69 Å². The Kier molecular flexibility index (Phi) is 5.19. The van der Waals surface area contributed by atoms with E-state index in [0.717, 1.165) is 30.5 Å². The van der Waals surface area contributed by atoms with Gasteiger partial charge in [0, 0.05) is 17.8 Å². The summed E-state index contributed by atoms with van der Waals surface area (Å²) in [6.07, 6.45) is 6.44. The summed E-state index contributed by atoms with van der Waals surface area (Å²) in [6, 6.07) is 5.41. The molecule has 1 aromatic rings. The Hall–Kier alpha value is -1.88. The minimum atomic E-state index is -0.437. The average Bonchev–Trinajstić information content (AvgIpc) is 2.59. The smallest absolute Gasteiger partial charge is 0.252 e. The minimum Gasteiger partial charge on any atom is -0.368 e. The zero-order chi connectivity index (χ0) is 17.1. The molecule has 24 heavy (non-hydrogen) atoms. The zero-order valence-corrected chi connectivity index (χ0v) is 14.3. The molecule has 1 fully saturated rings. The fourth-order valence-electron chi connectivity index (χ4n) is 3.90. The standard InChI is InChI=1S/C19H26N2O3/c1-13-6-2-3-10-17(13)24-12-18(22)21-11-5-8-14-15(19(20)23)7-4-9-16(14)21/h4,7,9,13,17H,2-3,5-6,8,10-12H2,1H3,(H2,20,23). The highest BCUT2D eigenvalue weighted by Gasteiger charge is 2.27. The summed E-state index contributed by atoms with van der Waals surface area (Å²) in [7, 11) is 0. The number of hydrogen-bond donors (Lipinski definition) is 1. The quantitative estimate of drug-likeness (QED) is 0.922. The van der Waals surface area contributed by atoms with Crippen molar-refractivity contribution in [3.05, 3.63) is 29.3 Å². The maximum atomic E-state index is 12.7. The molecule has 1 heterocycles. The van der Waals surface area contributed by atoms with Crippen LogP contribution in [0.2, 0.25) is 0 Å². The number of hydrogen-bond acceptors (Lipinski definition) is 3. The molecule has 0 spiro atoms. The van der Waals surface area contributed by atoms with Gasteiger partial charge in [0.05, 0.1) is 6.10 Å². The molecular formula is C19H26N2O3. The van der Waals surface area contributed by atoms with E-state index < -0.39 is 5.91 Å². The van der Waals surface area contributed by atoms with Gasteiger partial charge in [-0.2, -0.15) is 0 Å². The van der Waals surface area contributed by atoms with Gasteiger partial charge in [0.15, 0.2) is 0 Å². The van der Waals surface area contributed by atoms with Gasteiger partial charge in [-0.1, -0.05) is 25.8 Å². The Labute approximate surface area is 143 Å². The minimum absolute atomic E-state index is 0.0321. The van der Waals surface area contributed by atoms with Gasteiger partial charge in [0.2, 0.25) is 5.91 Å². The van der Waals surface area contributed by atoms with Crippen LogP contribution < -0.4 is 10.6 Å². The normalized spacial score (nSPS) is 23.6. The van der Waals surface area contributed by atoms with Crippen molar-refractivity contribution in [2.24, 2.45) is 11.7 Å². The molecule has 2 aliphatic rings. The van der Waals surface area contributed by atoms with Crippen LogP contribution >= 0.6 is 0 Å².